The van der Waals surface area contributed by atoms with Crippen LogP contribution in [0, 0.1) is 6.92 Å². The van der Waals surface area contributed by atoms with E-state index in [2.05, 4.69) is 5.10 Å². The summed E-state index contributed by atoms with van der Waals surface area (Å²) in [6.45, 7) is 2.56. The second kappa shape index (κ2) is 4.97. The number of nitrogens with zero attached hydrogens (tertiary/aromatic N) is 3. The first-order valence-corrected chi connectivity index (χ1v) is 6.25. The Labute approximate surface area is 106 Å². The van der Waals surface area contributed by atoms with Crippen LogP contribution in [0.4, 0.5) is 5.82 Å². The third kappa shape index (κ3) is 2.08. The molecule has 6 heteroatoms. The van der Waals surface area contributed by atoms with Crippen LogP contribution in [0.3, 0.4) is 0 Å². The monoisotopic (exact) mass is 252 g/mol. The number of anilines is 1. The molecule has 100 valence electrons. The molecule has 18 heavy (non-hydrogen) atoms. The molecular weight excluding hydrogens is 232 g/mol. The molecule has 6 nitrogen and oxygen atoms in total. The van der Waals surface area contributed by atoms with Crippen LogP contribution in [-0.2, 0) is 18.4 Å². The van der Waals surface area contributed by atoms with Crippen molar-refractivity contribution < 1.29 is 9.90 Å². The molecule has 1 unspecified atom stereocenters. The lowest BCUT2D eigenvalue weighted by atomic mass is 10.0. The predicted octanol–water partition coefficient (Wildman–Crippen LogP) is 0.0650. The molecule has 1 aliphatic heterocycles. The number of piperidine rings is 1. The Kier molecular flexibility index (Phi) is 3.56. The zero-order chi connectivity index (χ0) is 13.3. The van der Waals surface area contributed by atoms with Crippen LogP contribution in [0.2, 0.25) is 0 Å². The van der Waals surface area contributed by atoms with Gasteiger partial charge in [-0.05, 0) is 26.2 Å². The van der Waals surface area contributed by atoms with Crippen LogP contribution < -0.4 is 10.6 Å². The lowest BCUT2D eigenvalue weighted by molar-refractivity contribution is -0.119. The van der Waals surface area contributed by atoms with Gasteiger partial charge in [0.05, 0.1) is 12.3 Å². The quantitative estimate of drug-likeness (QED) is 0.797. The van der Waals surface area contributed by atoms with Crippen LogP contribution in [-0.4, -0.2) is 33.4 Å². The highest BCUT2D eigenvalue weighted by atomic mass is 16.3. The lowest BCUT2D eigenvalue weighted by Gasteiger charge is -2.35. The number of hydrogen-bond donors (Lipinski definition) is 2. The van der Waals surface area contributed by atoms with Gasteiger partial charge in [0, 0.05) is 19.2 Å². The standard InChI is InChI=1S/C12H20N4O2/c1-8-9(7-17)12(15(2)14-8)16-6-4-3-5-10(16)11(13)18/h10,17H,3-7H2,1-2H3,(H2,13,18). The smallest absolute Gasteiger partial charge is 0.240 e. The summed E-state index contributed by atoms with van der Waals surface area (Å²) in [5, 5.41) is 13.8. The summed E-state index contributed by atoms with van der Waals surface area (Å²) >= 11 is 0. The fraction of sp³-hybridized carbons (Fsp3) is 0.667. The third-order valence-electron chi connectivity index (χ3n) is 3.57. The van der Waals surface area contributed by atoms with Crippen molar-refractivity contribution in [1.82, 2.24) is 9.78 Å². The van der Waals surface area contributed by atoms with Gasteiger partial charge in [-0.2, -0.15) is 5.10 Å². The van der Waals surface area contributed by atoms with Gasteiger partial charge in [0.25, 0.3) is 0 Å². The van der Waals surface area contributed by atoms with Gasteiger partial charge in [0.1, 0.15) is 11.9 Å². The van der Waals surface area contributed by atoms with Crippen molar-refractivity contribution in [1.29, 1.82) is 0 Å². The van der Waals surface area contributed by atoms with Gasteiger partial charge in [-0.15, -0.1) is 0 Å². The Morgan fingerprint density at radius 3 is 2.89 bits per heavy atom. The van der Waals surface area contributed by atoms with E-state index in [1.165, 1.54) is 0 Å². The summed E-state index contributed by atoms with van der Waals surface area (Å²) in [5.74, 6) is 0.510. The van der Waals surface area contributed by atoms with Gasteiger partial charge in [-0.25, -0.2) is 0 Å². The van der Waals surface area contributed by atoms with Crippen LogP contribution in [0.1, 0.15) is 30.5 Å². The van der Waals surface area contributed by atoms with Gasteiger partial charge in [-0.1, -0.05) is 0 Å². The molecule has 1 aromatic heterocycles. The van der Waals surface area contributed by atoms with E-state index in [-0.39, 0.29) is 18.6 Å². The maximum Gasteiger partial charge on any atom is 0.240 e. The van der Waals surface area contributed by atoms with Crippen molar-refractivity contribution >= 4 is 11.7 Å². The molecule has 2 rings (SSSR count). The van der Waals surface area contributed by atoms with E-state index in [9.17, 15) is 9.90 Å². The fourth-order valence-electron chi connectivity index (χ4n) is 2.72. The zero-order valence-electron chi connectivity index (χ0n) is 10.9. The summed E-state index contributed by atoms with van der Waals surface area (Å²) in [6.07, 6.45) is 2.80. The van der Waals surface area contributed by atoms with Crippen LogP contribution in [0.5, 0.6) is 0 Å². The maximum absolute atomic E-state index is 11.5. The van der Waals surface area contributed by atoms with Crippen molar-refractivity contribution in [2.24, 2.45) is 12.8 Å². The van der Waals surface area contributed by atoms with Crippen molar-refractivity contribution in [2.45, 2.75) is 38.8 Å². The number of rotatable bonds is 3. The minimum Gasteiger partial charge on any atom is -0.391 e. The highest BCUT2D eigenvalue weighted by Crippen LogP contribution is 2.29. The number of carbonyl (C=O) groups excluding carboxylic acids is 1. The molecule has 1 amide bonds. The molecule has 2 heterocycles. The van der Waals surface area contributed by atoms with E-state index in [0.29, 0.717) is 0 Å². The number of aliphatic hydroxyl groups excluding tert-OH is 1. The van der Waals surface area contributed by atoms with E-state index < -0.39 is 0 Å². The minimum absolute atomic E-state index is 0.0724. The first kappa shape index (κ1) is 12.9. The maximum atomic E-state index is 11.5. The summed E-state index contributed by atoms with van der Waals surface area (Å²) in [4.78, 5) is 13.5. The molecule has 0 bridgehead atoms. The number of carbonyl (C=O) groups is 1. The third-order valence-corrected chi connectivity index (χ3v) is 3.57. The molecule has 1 aromatic rings. The van der Waals surface area contributed by atoms with Gasteiger partial charge < -0.3 is 15.7 Å². The Bertz CT molecular complexity index is 455. The SMILES string of the molecule is Cc1nn(C)c(N2CCCCC2C(N)=O)c1CO. The Hall–Kier alpha value is -1.56. The summed E-state index contributed by atoms with van der Waals surface area (Å²) in [6, 6.07) is -0.293. The molecule has 0 aliphatic carbocycles. The highest BCUT2D eigenvalue weighted by Gasteiger charge is 2.31. The van der Waals surface area contributed by atoms with Crippen LogP contribution in [0.25, 0.3) is 0 Å². The number of hydrogen-bond acceptors (Lipinski definition) is 4. The first-order valence-electron chi connectivity index (χ1n) is 6.25. The van der Waals surface area contributed by atoms with Gasteiger partial charge in [-0.3, -0.25) is 9.48 Å². The largest absolute Gasteiger partial charge is 0.391 e. The van der Waals surface area contributed by atoms with Crippen LogP contribution >= 0.6 is 0 Å². The van der Waals surface area contributed by atoms with Crippen LogP contribution in [0.15, 0.2) is 0 Å². The van der Waals surface area contributed by atoms with E-state index in [1.54, 1.807) is 4.68 Å². The van der Waals surface area contributed by atoms with Crippen molar-refractivity contribution in [3.05, 3.63) is 11.3 Å². The Morgan fingerprint density at radius 1 is 1.56 bits per heavy atom. The number of primary amides is 1. The number of aliphatic hydroxyl groups is 1. The molecule has 0 spiro atoms. The van der Waals surface area contributed by atoms with Gasteiger partial charge >= 0.3 is 0 Å². The molecule has 1 aliphatic rings. The summed E-state index contributed by atoms with van der Waals surface area (Å²) in [7, 11) is 1.83. The van der Waals surface area contributed by atoms with E-state index >= 15 is 0 Å². The van der Waals surface area contributed by atoms with E-state index in [4.69, 9.17) is 5.73 Å². The average molecular weight is 252 g/mol. The van der Waals surface area contributed by atoms with Gasteiger partial charge in [0.2, 0.25) is 5.91 Å². The molecule has 1 atom stereocenters. The first-order chi connectivity index (χ1) is 8.56. The Balaban J connectivity index is 2.42. The molecule has 0 radical (unpaired) electrons. The zero-order valence-corrected chi connectivity index (χ0v) is 10.9. The fourth-order valence-corrected chi connectivity index (χ4v) is 2.72. The molecule has 0 saturated carbocycles. The summed E-state index contributed by atoms with van der Waals surface area (Å²) < 4.78 is 1.72. The second-order valence-corrected chi connectivity index (χ2v) is 4.78. The minimum atomic E-state index is -0.308. The number of aromatic nitrogens is 2. The molecule has 1 saturated heterocycles. The van der Waals surface area contributed by atoms with Crippen molar-refractivity contribution in [3.8, 4) is 0 Å². The molecule has 1 fully saturated rings. The van der Waals surface area contributed by atoms with E-state index in [0.717, 1.165) is 42.9 Å². The predicted molar refractivity (Wildman–Crippen MR) is 68.0 cm³/mol. The number of aryl methyl sites for hydroxylation is 2. The average Bonchev–Trinajstić information content (AvgIpc) is 2.63. The Morgan fingerprint density at radius 2 is 2.28 bits per heavy atom. The normalized spacial score (nSPS) is 20.2. The molecule has 0 aromatic carbocycles. The topological polar surface area (TPSA) is 84.4 Å². The summed E-state index contributed by atoms with van der Waals surface area (Å²) in [5.41, 5.74) is 7.05. The molecular formula is C12H20N4O2. The van der Waals surface area contributed by atoms with E-state index in [1.807, 2.05) is 18.9 Å². The van der Waals surface area contributed by atoms with Crippen molar-refractivity contribution in [2.75, 3.05) is 11.4 Å². The lowest BCUT2D eigenvalue weighted by Crippen LogP contribution is -2.48. The van der Waals surface area contributed by atoms with Gasteiger partial charge in [0.15, 0.2) is 0 Å². The number of nitrogens with two attached hydrogens (primary N) is 1. The number of amides is 1. The molecule has 3 N–H and O–H groups in total. The second-order valence-electron chi connectivity index (χ2n) is 4.78. The highest BCUT2D eigenvalue weighted by molar-refractivity contribution is 5.83. The van der Waals surface area contributed by atoms with Crippen molar-refractivity contribution in [3.63, 3.8) is 0 Å².